The topological polar surface area (TPSA) is 23.5 Å². The quantitative estimate of drug-likeness (QED) is 0.754. The van der Waals surface area contributed by atoms with Crippen molar-refractivity contribution in [3.8, 4) is 0 Å². The lowest BCUT2D eigenvalue weighted by atomic mass is 9.85. The molecule has 2 nitrogen and oxygen atoms in total. The smallest absolute Gasteiger partial charge is 0.0497 e. The minimum atomic E-state index is 0.138. The van der Waals surface area contributed by atoms with Gasteiger partial charge in [-0.25, -0.2) is 0 Å². The van der Waals surface area contributed by atoms with Crippen molar-refractivity contribution < 1.29 is 5.11 Å². The molecule has 1 heterocycles. The minimum Gasteiger partial charge on any atom is -0.396 e. The van der Waals surface area contributed by atoms with Crippen molar-refractivity contribution in [1.29, 1.82) is 0 Å². The van der Waals surface area contributed by atoms with Gasteiger partial charge in [-0.3, -0.25) is 4.90 Å². The van der Waals surface area contributed by atoms with E-state index in [4.69, 9.17) is 0 Å². The van der Waals surface area contributed by atoms with E-state index >= 15 is 0 Å². The zero-order valence-corrected chi connectivity index (χ0v) is 10.2. The van der Waals surface area contributed by atoms with E-state index in [0.717, 1.165) is 24.9 Å². The lowest BCUT2D eigenvalue weighted by molar-refractivity contribution is 0.0656. The molecule has 2 heteroatoms. The fourth-order valence-electron chi connectivity index (χ4n) is 3.52. The van der Waals surface area contributed by atoms with Crippen LogP contribution in [0.1, 0.15) is 46.0 Å². The maximum atomic E-state index is 9.52. The van der Waals surface area contributed by atoms with E-state index in [1.54, 1.807) is 0 Å². The van der Waals surface area contributed by atoms with Crippen LogP contribution in [0.4, 0.5) is 0 Å². The molecule has 88 valence electrons. The molecule has 0 aromatic carbocycles. The Morgan fingerprint density at radius 1 is 1.40 bits per heavy atom. The van der Waals surface area contributed by atoms with Crippen molar-refractivity contribution in [1.82, 2.24) is 4.90 Å². The Morgan fingerprint density at radius 2 is 2.20 bits per heavy atom. The number of rotatable bonds is 5. The number of aliphatic hydroxyl groups is 1. The van der Waals surface area contributed by atoms with Crippen LogP contribution in [0.2, 0.25) is 0 Å². The average Bonchev–Trinajstić information content (AvgIpc) is 2.79. The largest absolute Gasteiger partial charge is 0.396 e. The predicted molar refractivity (Wildman–Crippen MR) is 62.8 cm³/mol. The van der Waals surface area contributed by atoms with E-state index in [0.29, 0.717) is 6.61 Å². The maximum absolute atomic E-state index is 9.52. The Labute approximate surface area is 93.7 Å². The first-order chi connectivity index (χ1) is 7.17. The lowest BCUT2D eigenvalue weighted by Gasteiger charge is -2.36. The lowest BCUT2D eigenvalue weighted by Crippen LogP contribution is -2.42. The Morgan fingerprint density at radius 3 is 2.67 bits per heavy atom. The normalized spacial score (nSPS) is 34.6. The molecule has 0 radical (unpaired) electrons. The highest BCUT2D eigenvalue weighted by Crippen LogP contribution is 2.39. The Bertz CT molecular complexity index is 219. The van der Waals surface area contributed by atoms with Crippen LogP contribution in [0.15, 0.2) is 0 Å². The summed E-state index contributed by atoms with van der Waals surface area (Å²) in [6.45, 7) is 7.20. The second-order valence-electron chi connectivity index (χ2n) is 5.98. The molecule has 3 atom stereocenters. The summed E-state index contributed by atoms with van der Waals surface area (Å²) in [7, 11) is 0. The molecular formula is C13H25NO. The summed E-state index contributed by atoms with van der Waals surface area (Å²) in [6.07, 6.45) is 6.60. The van der Waals surface area contributed by atoms with Crippen molar-refractivity contribution >= 4 is 0 Å². The number of piperidine rings is 1. The zero-order chi connectivity index (χ0) is 10.9. The molecule has 1 saturated carbocycles. The van der Waals surface area contributed by atoms with Crippen molar-refractivity contribution in [2.75, 3.05) is 19.7 Å². The van der Waals surface area contributed by atoms with Crippen LogP contribution in [-0.4, -0.2) is 35.7 Å². The van der Waals surface area contributed by atoms with Crippen LogP contribution < -0.4 is 0 Å². The first kappa shape index (κ1) is 11.4. The van der Waals surface area contributed by atoms with Gasteiger partial charge < -0.3 is 5.11 Å². The van der Waals surface area contributed by atoms with Gasteiger partial charge in [0.15, 0.2) is 0 Å². The van der Waals surface area contributed by atoms with Crippen LogP contribution in [-0.2, 0) is 0 Å². The summed E-state index contributed by atoms with van der Waals surface area (Å²) in [5.41, 5.74) is 0.138. The van der Waals surface area contributed by atoms with E-state index in [9.17, 15) is 5.11 Å². The van der Waals surface area contributed by atoms with Crippen LogP contribution in [0, 0.1) is 11.3 Å². The average molecular weight is 211 g/mol. The standard InChI is InChI=1S/C13H25NO/c1-3-6-13(2,10-15)9-14-8-11-4-5-12(14)7-11/h11-12,15H,3-10H2,1-2H3. The van der Waals surface area contributed by atoms with E-state index in [1.165, 1.54) is 32.2 Å². The fourth-order valence-corrected chi connectivity index (χ4v) is 3.52. The Balaban J connectivity index is 1.89. The number of likely N-dealkylation sites (tertiary alicyclic amines) is 1. The van der Waals surface area contributed by atoms with Gasteiger partial charge >= 0.3 is 0 Å². The van der Waals surface area contributed by atoms with Crippen molar-refractivity contribution in [3.05, 3.63) is 0 Å². The molecule has 3 unspecified atom stereocenters. The molecule has 1 aliphatic carbocycles. The number of fused-ring (bicyclic) bond motifs is 2. The van der Waals surface area contributed by atoms with Crippen LogP contribution in [0.25, 0.3) is 0 Å². The van der Waals surface area contributed by atoms with Crippen LogP contribution in [0.5, 0.6) is 0 Å². The molecule has 2 aliphatic rings. The minimum absolute atomic E-state index is 0.138. The molecule has 2 rings (SSSR count). The van der Waals surface area contributed by atoms with E-state index in [-0.39, 0.29) is 5.41 Å². The van der Waals surface area contributed by atoms with Gasteiger partial charge in [0.2, 0.25) is 0 Å². The van der Waals surface area contributed by atoms with Crippen LogP contribution in [0.3, 0.4) is 0 Å². The molecular weight excluding hydrogens is 186 g/mol. The van der Waals surface area contributed by atoms with Gasteiger partial charge in [-0.05, 0) is 31.6 Å². The molecule has 1 saturated heterocycles. The van der Waals surface area contributed by atoms with E-state index in [2.05, 4.69) is 18.7 Å². The SMILES string of the molecule is CCCC(C)(CO)CN1CC2CCC1C2. The van der Waals surface area contributed by atoms with E-state index in [1.807, 2.05) is 0 Å². The second-order valence-corrected chi connectivity index (χ2v) is 5.98. The Hall–Kier alpha value is -0.0800. The highest BCUT2D eigenvalue weighted by Gasteiger charge is 2.40. The molecule has 2 fully saturated rings. The highest BCUT2D eigenvalue weighted by molar-refractivity contribution is 4.94. The van der Waals surface area contributed by atoms with Crippen molar-refractivity contribution in [3.63, 3.8) is 0 Å². The summed E-state index contributed by atoms with van der Waals surface area (Å²) in [4.78, 5) is 2.64. The van der Waals surface area contributed by atoms with Gasteiger partial charge in [0.25, 0.3) is 0 Å². The summed E-state index contributed by atoms with van der Waals surface area (Å²) >= 11 is 0. The third-order valence-corrected chi connectivity index (χ3v) is 4.34. The molecule has 1 aliphatic heterocycles. The van der Waals surface area contributed by atoms with Crippen molar-refractivity contribution in [2.24, 2.45) is 11.3 Å². The van der Waals surface area contributed by atoms with Crippen LogP contribution >= 0.6 is 0 Å². The van der Waals surface area contributed by atoms with Gasteiger partial charge in [0.05, 0.1) is 0 Å². The summed E-state index contributed by atoms with van der Waals surface area (Å²) in [5.74, 6) is 0.972. The first-order valence-electron chi connectivity index (χ1n) is 6.52. The first-order valence-corrected chi connectivity index (χ1v) is 6.52. The summed E-state index contributed by atoms with van der Waals surface area (Å²) < 4.78 is 0. The zero-order valence-electron chi connectivity index (χ0n) is 10.2. The van der Waals surface area contributed by atoms with Gasteiger partial charge in [0.1, 0.15) is 0 Å². The molecule has 0 spiro atoms. The fraction of sp³-hybridized carbons (Fsp3) is 1.00. The van der Waals surface area contributed by atoms with Gasteiger partial charge in [-0.2, -0.15) is 0 Å². The number of nitrogens with zero attached hydrogens (tertiary/aromatic N) is 1. The highest BCUT2D eigenvalue weighted by atomic mass is 16.3. The number of hydrogen-bond donors (Lipinski definition) is 1. The molecule has 0 aromatic rings. The van der Waals surface area contributed by atoms with Crippen molar-refractivity contribution in [2.45, 2.75) is 52.0 Å². The summed E-state index contributed by atoms with van der Waals surface area (Å²) in [5, 5.41) is 9.52. The maximum Gasteiger partial charge on any atom is 0.0497 e. The molecule has 0 aromatic heterocycles. The van der Waals surface area contributed by atoms with Gasteiger partial charge in [-0.15, -0.1) is 0 Å². The third-order valence-electron chi connectivity index (χ3n) is 4.34. The number of hydrogen-bond acceptors (Lipinski definition) is 2. The number of aliphatic hydroxyl groups excluding tert-OH is 1. The van der Waals surface area contributed by atoms with Gasteiger partial charge in [0, 0.05) is 31.2 Å². The monoisotopic (exact) mass is 211 g/mol. The van der Waals surface area contributed by atoms with Gasteiger partial charge in [-0.1, -0.05) is 20.3 Å². The Kier molecular flexibility index (Phi) is 3.36. The summed E-state index contributed by atoms with van der Waals surface area (Å²) in [6, 6.07) is 0.845. The second kappa shape index (κ2) is 4.42. The molecule has 0 amide bonds. The van der Waals surface area contributed by atoms with E-state index < -0.39 is 0 Å². The molecule has 1 N–H and O–H groups in total. The molecule has 2 bridgehead atoms. The predicted octanol–water partition coefficient (Wildman–Crippen LogP) is 2.27. The third kappa shape index (κ3) is 2.36. The molecule has 15 heavy (non-hydrogen) atoms.